The maximum atomic E-state index is 12.2. The molecule has 4 aromatic rings. The van der Waals surface area contributed by atoms with Crippen LogP contribution in [0.4, 0.5) is 0 Å². The highest BCUT2D eigenvalue weighted by Crippen LogP contribution is 2.34. The van der Waals surface area contributed by atoms with Gasteiger partial charge in [0, 0.05) is 17.7 Å². The van der Waals surface area contributed by atoms with Crippen LogP contribution >= 0.6 is 11.3 Å². The van der Waals surface area contributed by atoms with Crippen LogP contribution < -0.4 is 9.68 Å². The highest BCUT2D eigenvalue weighted by atomic mass is 32.1. The number of rotatable bonds is 4. The summed E-state index contributed by atoms with van der Waals surface area (Å²) >= 11 is 0.981. The number of carbonyl (C=O) groups is 1. The van der Waals surface area contributed by atoms with Gasteiger partial charge in [0.2, 0.25) is 0 Å². The number of ether oxygens (including phenoxy) is 1. The van der Waals surface area contributed by atoms with Crippen LogP contribution in [-0.2, 0) is 4.79 Å². The van der Waals surface area contributed by atoms with Crippen molar-refractivity contribution in [3.05, 3.63) is 94.2 Å². The zero-order valence-electron chi connectivity index (χ0n) is 14.1. The van der Waals surface area contributed by atoms with Crippen molar-refractivity contribution in [1.82, 2.24) is 0 Å². The van der Waals surface area contributed by atoms with Crippen LogP contribution in [-0.4, -0.2) is 5.97 Å². The molecule has 0 amide bonds. The van der Waals surface area contributed by atoms with Crippen molar-refractivity contribution in [2.45, 2.75) is 0 Å². The van der Waals surface area contributed by atoms with Crippen LogP contribution in [0.5, 0.6) is 5.75 Å². The fourth-order valence-electron chi connectivity index (χ4n) is 2.72. The molecule has 0 unspecified atom stereocenters. The summed E-state index contributed by atoms with van der Waals surface area (Å²) in [6, 6.07) is 22.4. The summed E-state index contributed by atoms with van der Waals surface area (Å²) in [4.78, 5) is 23.5. The van der Waals surface area contributed by atoms with E-state index in [9.17, 15) is 9.59 Å². The molecule has 0 aliphatic rings. The molecule has 27 heavy (non-hydrogen) atoms. The molecule has 0 N–H and O–H groups in total. The summed E-state index contributed by atoms with van der Waals surface area (Å²) in [5.41, 5.74) is 2.99. The second kappa shape index (κ2) is 7.43. The topological polar surface area (TPSA) is 56.5 Å². The number of fused-ring (bicyclic) bond motifs is 1. The van der Waals surface area contributed by atoms with Crippen molar-refractivity contribution in [2.75, 3.05) is 0 Å². The minimum Gasteiger partial charge on any atom is -0.423 e. The molecular formula is C22H14O4S. The zero-order valence-corrected chi connectivity index (χ0v) is 14.9. The molecule has 0 atom stereocenters. The Morgan fingerprint density at radius 2 is 1.67 bits per heavy atom. The molecular weight excluding hydrogens is 360 g/mol. The van der Waals surface area contributed by atoms with Crippen LogP contribution in [0.25, 0.3) is 27.5 Å². The molecule has 4 nitrogen and oxygen atoms in total. The molecule has 0 saturated carbocycles. The SMILES string of the molecule is O=C(C=Cc1ccccc1)Oc1cc(-c2ccccc2)c2oc(=O)sc2c1. The Hall–Kier alpha value is -3.44. The summed E-state index contributed by atoms with van der Waals surface area (Å²) in [6.07, 6.45) is 3.06. The molecule has 4 rings (SSSR count). The van der Waals surface area contributed by atoms with E-state index in [1.807, 2.05) is 60.7 Å². The van der Waals surface area contributed by atoms with Crippen LogP contribution in [0, 0.1) is 0 Å². The lowest BCUT2D eigenvalue weighted by Crippen LogP contribution is -2.03. The third kappa shape index (κ3) is 3.88. The quantitative estimate of drug-likeness (QED) is 0.282. The van der Waals surface area contributed by atoms with Crippen LogP contribution in [0.15, 0.2) is 88.1 Å². The second-order valence-corrected chi connectivity index (χ2v) is 6.76. The van der Waals surface area contributed by atoms with E-state index in [0.717, 1.165) is 22.5 Å². The highest BCUT2D eigenvalue weighted by molar-refractivity contribution is 7.16. The Morgan fingerprint density at radius 3 is 2.41 bits per heavy atom. The lowest BCUT2D eigenvalue weighted by atomic mass is 10.0. The largest absolute Gasteiger partial charge is 0.423 e. The van der Waals surface area contributed by atoms with Gasteiger partial charge in [-0.25, -0.2) is 9.59 Å². The van der Waals surface area contributed by atoms with Crippen LogP contribution in [0.1, 0.15) is 5.56 Å². The molecule has 132 valence electrons. The molecule has 0 fully saturated rings. The Bertz CT molecular complexity index is 1170. The molecule has 0 aliphatic heterocycles. The van der Waals surface area contributed by atoms with Crippen LogP contribution in [0.2, 0.25) is 0 Å². The number of benzene rings is 3. The first-order valence-electron chi connectivity index (χ1n) is 8.27. The van der Waals surface area contributed by atoms with E-state index in [0.29, 0.717) is 21.6 Å². The maximum absolute atomic E-state index is 12.2. The van der Waals surface area contributed by atoms with Gasteiger partial charge in [-0.3, -0.25) is 0 Å². The predicted octanol–water partition coefficient (Wildman–Crippen LogP) is 5.14. The Balaban J connectivity index is 1.67. The Kier molecular flexibility index (Phi) is 4.68. The van der Waals surface area contributed by atoms with Gasteiger partial charge < -0.3 is 9.15 Å². The van der Waals surface area contributed by atoms with Gasteiger partial charge in [0.25, 0.3) is 0 Å². The summed E-state index contributed by atoms with van der Waals surface area (Å²) in [5, 5.41) is 0. The zero-order chi connectivity index (χ0) is 18.6. The van der Waals surface area contributed by atoms with Crippen LogP contribution in [0.3, 0.4) is 0 Å². The first-order valence-corrected chi connectivity index (χ1v) is 9.09. The fourth-order valence-corrected chi connectivity index (χ4v) is 3.45. The summed E-state index contributed by atoms with van der Waals surface area (Å²) in [6.45, 7) is 0. The number of esters is 1. The molecule has 0 bridgehead atoms. The minimum absolute atomic E-state index is 0.362. The minimum atomic E-state index is -0.493. The van der Waals surface area contributed by atoms with Crippen molar-refractivity contribution in [1.29, 1.82) is 0 Å². The van der Waals surface area contributed by atoms with E-state index in [2.05, 4.69) is 0 Å². The van der Waals surface area contributed by atoms with E-state index in [-0.39, 0.29) is 0 Å². The maximum Gasteiger partial charge on any atom is 0.396 e. The van der Waals surface area contributed by atoms with Gasteiger partial charge in [0.15, 0.2) is 5.58 Å². The molecule has 3 aromatic carbocycles. The summed E-state index contributed by atoms with van der Waals surface area (Å²) in [5.74, 6) is -0.130. The smallest absolute Gasteiger partial charge is 0.396 e. The molecule has 0 radical (unpaired) electrons. The van der Waals surface area contributed by atoms with E-state index < -0.39 is 10.9 Å². The number of hydrogen-bond acceptors (Lipinski definition) is 5. The summed E-state index contributed by atoms with van der Waals surface area (Å²) < 4.78 is 11.4. The standard InChI is InChI=1S/C22H14O4S/c23-20(12-11-15-7-3-1-4-8-15)25-17-13-18(16-9-5-2-6-10-16)21-19(14-17)27-22(24)26-21/h1-14H. The molecule has 0 saturated heterocycles. The van der Waals surface area contributed by atoms with Gasteiger partial charge in [-0.2, -0.15) is 0 Å². The third-order valence-corrected chi connectivity index (χ3v) is 4.69. The average molecular weight is 374 g/mol. The first-order chi connectivity index (χ1) is 13.2. The van der Waals surface area contributed by atoms with E-state index in [4.69, 9.17) is 9.15 Å². The van der Waals surface area contributed by atoms with Gasteiger partial charge in [-0.05, 0) is 23.3 Å². The monoisotopic (exact) mass is 374 g/mol. The van der Waals surface area contributed by atoms with E-state index in [1.165, 1.54) is 6.08 Å². The second-order valence-electron chi connectivity index (χ2n) is 5.78. The van der Waals surface area contributed by atoms with Crippen molar-refractivity contribution in [2.24, 2.45) is 0 Å². The predicted molar refractivity (Wildman–Crippen MR) is 107 cm³/mol. The highest BCUT2D eigenvalue weighted by Gasteiger charge is 2.14. The van der Waals surface area contributed by atoms with Gasteiger partial charge in [0.05, 0.1) is 4.70 Å². The van der Waals surface area contributed by atoms with Crippen molar-refractivity contribution in [3.8, 4) is 16.9 Å². The fraction of sp³-hybridized carbons (Fsp3) is 0. The third-order valence-electron chi connectivity index (χ3n) is 3.92. The van der Waals surface area contributed by atoms with Crippen molar-refractivity contribution >= 4 is 33.7 Å². The van der Waals surface area contributed by atoms with E-state index in [1.54, 1.807) is 18.2 Å². The normalized spacial score (nSPS) is 11.1. The Labute approximate surface area is 159 Å². The van der Waals surface area contributed by atoms with Crippen molar-refractivity contribution in [3.63, 3.8) is 0 Å². The van der Waals surface area contributed by atoms with Gasteiger partial charge in [0.1, 0.15) is 5.75 Å². The van der Waals surface area contributed by atoms with E-state index >= 15 is 0 Å². The molecule has 0 aliphatic carbocycles. The molecule has 5 heteroatoms. The first kappa shape index (κ1) is 17.0. The summed E-state index contributed by atoms with van der Waals surface area (Å²) in [7, 11) is 0. The number of carbonyl (C=O) groups excluding carboxylic acids is 1. The molecule has 0 spiro atoms. The Morgan fingerprint density at radius 1 is 0.963 bits per heavy atom. The molecule has 1 aromatic heterocycles. The van der Waals surface area contributed by atoms with Gasteiger partial charge in [-0.1, -0.05) is 72.0 Å². The lowest BCUT2D eigenvalue weighted by molar-refractivity contribution is -0.128. The van der Waals surface area contributed by atoms with Gasteiger partial charge >= 0.3 is 10.9 Å². The van der Waals surface area contributed by atoms with Crippen molar-refractivity contribution < 1.29 is 13.9 Å². The number of hydrogen-bond donors (Lipinski definition) is 0. The molecule has 1 heterocycles. The average Bonchev–Trinajstić information content (AvgIpc) is 3.07. The van der Waals surface area contributed by atoms with Gasteiger partial charge in [-0.15, -0.1) is 0 Å². The lowest BCUT2D eigenvalue weighted by Gasteiger charge is -2.06.